The van der Waals surface area contributed by atoms with Gasteiger partial charge in [-0.1, -0.05) is 13.3 Å². The zero-order valence-corrected chi connectivity index (χ0v) is 7.49. The molecule has 0 fully saturated rings. The average Bonchev–Trinajstić information content (AvgIpc) is 1.65. The van der Waals surface area contributed by atoms with Crippen LogP contribution in [-0.2, 0) is 4.79 Å². The second-order valence-electron chi connectivity index (χ2n) is 2.94. The van der Waals surface area contributed by atoms with Gasteiger partial charge in [0.1, 0.15) is 0 Å². The smallest absolute Gasteiger partial charge is 0.309 e. The molecule has 0 aliphatic carbocycles. The Bertz CT molecular complexity index is 110. The molecule has 0 aromatic heterocycles. The fourth-order valence-electron chi connectivity index (χ4n) is 0.732. The number of aliphatic carboxylic acids is 1. The van der Waals surface area contributed by atoms with Gasteiger partial charge in [0.2, 0.25) is 0 Å². The minimum absolute atomic E-state index is 0. The first kappa shape index (κ1) is 12.4. The molecule has 0 aliphatic heterocycles. The quantitative estimate of drug-likeness (QED) is 0.699. The van der Waals surface area contributed by atoms with Gasteiger partial charge in [0.25, 0.3) is 0 Å². The first-order chi connectivity index (χ1) is 4.00. The van der Waals surface area contributed by atoms with Crippen molar-refractivity contribution in [3.8, 4) is 0 Å². The maximum absolute atomic E-state index is 10.4. The molecule has 0 saturated heterocycles. The molecule has 10 heavy (non-hydrogen) atoms. The van der Waals surface area contributed by atoms with Gasteiger partial charge in [-0.25, -0.2) is 0 Å². The van der Waals surface area contributed by atoms with Gasteiger partial charge >= 0.3 is 5.97 Å². The highest BCUT2D eigenvalue weighted by molar-refractivity contribution is 5.85. The maximum Gasteiger partial charge on any atom is 0.309 e. The Morgan fingerprint density at radius 2 is 1.90 bits per heavy atom. The second kappa shape index (κ2) is 4.56. The summed E-state index contributed by atoms with van der Waals surface area (Å²) in [6.45, 7) is 5.49. The summed E-state index contributed by atoms with van der Waals surface area (Å²) in [5.41, 5.74) is -0.533. The lowest BCUT2D eigenvalue weighted by Crippen LogP contribution is -2.22. The summed E-state index contributed by atoms with van der Waals surface area (Å²) in [5, 5.41) is 8.57. The molecule has 0 rings (SSSR count). The van der Waals surface area contributed by atoms with Gasteiger partial charge in [-0.15, -0.1) is 12.4 Å². The van der Waals surface area contributed by atoms with Crippen LogP contribution in [0.4, 0.5) is 0 Å². The van der Waals surface area contributed by atoms with Gasteiger partial charge in [-0.2, -0.15) is 0 Å². The monoisotopic (exact) mass is 166 g/mol. The number of carboxylic acids is 1. The maximum atomic E-state index is 10.4. The second-order valence-corrected chi connectivity index (χ2v) is 2.94. The molecule has 0 spiro atoms. The summed E-state index contributed by atoms with van der Waals surface area (Å²) in [7, 11) is 0. The van der Waals surface area contributed by atoms with Crippen LogP contribution in [0.3, 0.4) is 0 Å². The molecule has 0 unspecified atom stereocenters. The van der Waals surface area contributed by atoms with Crippen molar-refractivity contribution in [2.75, 3.05) is 0 Å². The molecule has 2 nitrogen and oxygen atoms in total. The predicted octanol–water partition coefficient (Wildman–Crippen LogP) is 2.32. The van der Waals surface area contributed by atoms with E-state index in [-0.39, 0.29) is 12.4 Å². The summed E-state index contributed by atoms with van der Waals surface area (Å²) >= 11 is 0. The van der Waals surface area contributed by atoms with Crippen molar-refractivity contribution in [2.24, 2.45) is 5.41 Å². The van der Waals surface area contributed by atoms with Crippen molar-refractivity contribution in [1.29, 1.82) is 0 Å². The molecule has 0 aromatic rings. The van der Waals surface area contributed by atoms with Gasteiger partial charge in [-0.3, -0.25) is 4.79 Å². The molecule has 62 valence electrons. The lowest BCUT2D eigenvalue weighted by molar-refractivity contribution is -0.147. The van der Waals surface area contributed by atoms with E-state index in [0.717, 1.165) is 12.8 Å². The van der Waals surface area contributed by atoms with Crippen LogP contribution in [0.2, 0.25) is 0 Å². The van der Waals surface area contributed by atoms with Crippen molar-refractivity contribution in [1.82, 2.24) is 0 Å². The highest BCUT2D eigenvalue weighted by atomic mass is 35.5. The van der Waals surface area contributed by atoms with Crippen LogP contribution in [0, 0.1) is 5.41 Å². The predicted molar refractivity (Wildman–Crippen MR) is 43.6 cm³/mol. The van der Waals surface area contributed by atoms with Crippen molar-refractivity contribution in [3.05, 3.63) is 0 Å². The first-order valence-electron chi connectivity index (χ1n) is 3.24. The van der Waals surface area contributed by atoms with Gasteiger partial charge in [0, 0.05) is 0 Å². The average molecular weight is 167 g/mol. The normalized spacial score (nSPS) is 10.3. The fourth-order valence-corrected chi connectivity index (χ4v) is 0.732. The van der Waals surface area contributed by atoms with E-state index in [9.17, 15) is 4.79 Å². The standard InChI is InChI=1S/C7H14O2.ClH/c1-4-5-7(2,3)6(8)9;/h4-5H2,1-3H3,(H,8,9);1H. The fraction of sp³-hybridized carbons (Fsp3) is 0.857. The van der Waals surface area contributed by atoms with Crippen LogP contribution in [-0.4, -0.2) is 11.1 Å². The SMILES string of the molecule is CCCC(C)(C)C(=O)O.Cl. The van der Waals surface area contributed by atoms with E-state index in [0.29, 0.717) is 0 Å². The van der Waals surface area contributed by atoms with Crippen LogP contribution in [0.15, 0.2) is 0 Å². The minimum atomic E-state index is -0.704. The molecule has 3 heteroatoms. The molecule has 0 bridgehead atoms. The number of carboxylic acid groups (broad SMARTS) is 1. The Labute approximate surface area is 68.0 Å². The van der Waals surface area contributed by atoms with Crippen LogP contribution in [0.5, 0.6) is 0 Å². The number of carbonyl (C=O) groups is 1. The van der Waals surface area contributed by atoms with Gasteiger partial charge in [-0.05, 0) is 20.3 Å². The van der Waals surface area contributed by atoms with E-state index in [4.69, 9.17) is 5.11 Å². The third-order valence-corrected chi connectivity index (χ3v) is 1.45. The highest BCUT2D eigenvalue weighted by Crippen LogP contribution is 2.21. The first-order valence-corrected chi connectivity index (χ1v) is 3.24. The molecule has 0 aliphatic rings. The molecule has 0 saturated carbocycles. The number of hydrogen-bond acceptors (Lipinski definition) is 1. The minimum Gasteiger partial charge on any atom is -0.481 e. The van der Waals surface area contributed by atoms with Crippen LogP contribution >= 0.6 is 12.4 Å². The molecule has 1 N–H and O–H groups in total. The summed E-state index contributed by atoms with van der Waals surface area (Å²) in [6.07, 6.45) is 1.68. The Hall–Kier alpha value is -0.240. The topological polar surface area (TPSA) is 37.3 Å². The lowest BCUT2D eigenvalue weighted by atomic mass is 9.88. The molecule has 0 amide bonds. The van der Waals surface area contributed by atoms with Crippen molar-refractivity contribution in [3.63, 3.8) is 0 Å². The number of hydrogen-bond donors (Lipinski definition) is 1. The van der Waals surface area contributed by atoms with E-state index >= 15 is 0 Å². The summed E-state index contributed by atoms with van der Waals surface area (Å²) in [6, 6.07) is 0. The summed E-state index contributed by atoms with van der Waals surface area (Å²) < 4.78 is 0. The Balaban J connectivity index is 0. The van der Waals surface area contributed by atoms with Crippen LogP contribution in [0.1, 0.15) is 33.6 Å². The van der Waals surface area contributed by atoms with Crippen molar-refractivity contribution < 1.29 is 9.90 Å². The van der Waals surface area contributed by atoms with Crippen LogP contribution in [0.25, 0.3) is 0 Å². The van der Waals surface area contributed by atoms with Crippen LogP contribution < -0.4 is 0 Å². The van der Waals surface area contributed by atoms with E-state index in [1.807, 2.05) is 6.92 Å². The third-order valence-electron chi connectivity index (χ3n) is 1.45. The number of rotatable bonds is 3. The third kappa shape index (κ3) is 3.72. The lowest BCUT2D eigenvalue weighted by Gasteiger charge is -2.16. The molecule has 0 aromatic carbocycles. The Kier molecular flexibility index (Phi) is 5.67. The molecule has 0 heterocycles. The molecule has 0 radical (unpaired) electrons. The van der Waals surface area contributed by atoms with Gasteiger partial charge in [0.05, 0.1) is 5.41 Å². The molecular weight excluding hydrogens is 152 g/mol. The Morgan fingerprint density at radius 3 is 2.00 bits per heavy atom. The van der Waals surface area contributed by atoms with E-state index in [1.54, 1.807) is 13.8 Å². The highest BCUT2D eigenvalue weighted by Gasteiger charge is 2.25. The van der Waals surface area contributed by atoms with E-state index in [1.165, 1.54) is 0 Å². The summed E-state index contributed by atoms with van der Waals surface area (Å²) in [4.78, 5) is 10.4. The van der Waals surface area contributed by atoms with Crippen molar-refractivity contribution in [2.45, 2.75) is 33.6 Å². The number of halogens is 1. The summed E-state index contributed by atoms with van der Waals surface area (Å²) in [5.74, 6) is -0.704. The van der Waals surface area contributed by atoms with Gasteiger partial charge < -0.3 is 5.11 Å². The largest absolute Gasteiger partial charge is 0.481 e. The zero-order chi connectivity index (χ0) is 7.49. The van der Waals surface area contributed by atoms with Gasteiger partial charge in [0.15, 0.2) is 0 Å². The zero-order valence-electron chi connectivity index (χ0n) is 6.68. The van der Waals surface area contributed by atoms with Crippen molar-refractivity contribution >= 4 is 18.4 Å². The Morgan fingerprint density at radius 1 is 1.50 bits per heavy atom. The van der Waals surface area contributed by atoms with E-state index < -0.39 is 11.4 Å². The molecular formula is C7H15ClO2. The van der Waals surface area contributed by atoms with E-state index in [2.05, 4.69) is 0 Å². The molecule has 0 atom stereocenters.